The molecular formula is C25H37N5O5. The molecule has 1 aromatic carbocycles. The van der Waals surface area contributed by atoms with Crippen molar-refractivity contribution in [3.63, 3.8) is 0 Å². The lowest BCUT2D eigenvalue weighted by Gasteiger charge is -2.24. The van der Waals surface area contributed by atoms with Crippen molar-refractivity contribution in [2.24, 2.45) is 17.0 Å². The Balaban J connectivity index is 2.47. The second-order valence-corrected chi connectivity index (χ2v) is 8.77. The van der Waals surface area contributed by atoms with E-state index in [4.69, 9.17) is 19.7 Å². The largest absolute Gasteiger partial charge is 0.490 e. The predicted octanol–water partition coefficient (Wildman–Crippen LogP) is 3.68. The van der Waals surface area contributed by atoms with Gasteiger partial charge in [-0.25, -0.2) is 0 Å². The Kier molecular flexibility index (Phi) is 13.9. The summed E-state index contributed by atoms with van der Waals surface area (Å²) >= 11 is 0. The lowest BCUT2D eigenvalue weighted by atomic mass is 10.1. The lowest BCUT2D eigenvalue weighted by molar-refractivity contribution is -0.127. The number of hydrogen-bond donors (Lipinski definition) is 2. The summed E-state index contributed by atoms with van der Waals surface area (Å²) in [5.74, 6) is 6.54. The van der Waals surface area contributed by atoms with Crippen LogP contribution in [-0.2, 0) is 14.3 Å². The molecule has 0 spiro atoms. The highest BCUT2D eigenvalue weighted by atomic mass is 16.6. The van der Waals surface area contributed by atoms with Gasteiger partial charge >= 0.3 is 0 Å². The molecule has 2 amide bonds. The molecule has 10 heteroatoms. The van der Waals surface area contributed by atoms with Gasteiger partial charge in [0.25, 0.3) is 5.91 Å². The first-order chi connectivity index (χ1) is 16.6. The highest BCUT2D eigenvalue weighted by Crippen LogP contribution is 2.19. The Morgan fingerprint density at radius 2 is 1.97 bits per heavy atom. The molecule has 35 heavy (non-hydrogen) atoms. The normalized spacial score (nSPS) is 12.2. The molecule has 0 bridgehead atoms. The van der Waals surface area contributed by atoms with Crippen molar-refractivity contribution in [3.8, 4) is 17.6 Å². The van der Waals surface area contributed by atoms with Gasteiger partial charge in [-0.3, -0.25) is 9.59 Å². The van der Waals surface area contributed by atoms with Gasteiger partial charge in [-0.05, 0) is 43.0 Å². The fourth-order valence-electron chi connectivity index (χ4n) is 2.65. The average Bonchev–Trinajstić information content (AvgIpc) is 2.80. The van der Waals surface area contributed by atoms with E-state index in [1.807, 2.05) is 13.8 Å². The second-order valence-electron chi connectivity index (χ2n) is 8.77. The van der Waals surface area contributed by atoms with Crippen LogP contribution in [0.2, 0.25) is 0 Å². The molecule has 2 N–H and O–H groups in total. The number of carbonyl (C=O) groups is 2. The number of carbonyl (C=O) groups excluding carboxylic acids is 2. The van der Waals surface area contributed by atoms with E-state index in [-0.39, 0.29) is 50.7 Å². The van der Waals surface area contributed by atoms with Gasteiger partial charge in [-0.1, -0.05) is 50.7 Å². The van der Waals surface area contributed by atoms with Gasteiger partial charge in [0, 0.05) is 22.9 Å². The smallest absolute Gasteiger partial charge is 0.251 e. The molecule has 0 aromatic heterocycles. The van der Waals surface area contributed by atoms with Crippen molar-refractivity contribution in [2.45, 2.75) is 46.8 Å². The summed E-state index contributed by atoms with van der Waals surface area (Å²) in [7, 11) is 0. The Labute approximate surface area is 207 Å². The van der Waals surface area contributed by atoms with Gasteiger partial charge < -0.3 is 24.8 Å². The van der Waals surface area contributed by atoms with E-state index in [0.717, 1.165) is 6.42 Å². The first-order valence-electron chi connectivity index (χ1n) is 11.7. The first kappa shape index (κ1) is 29.8. The van der Waals surface area contributed by atoms with E-state index in [9.17, 15) is 9.59 Å². The fourth-order valence-corrected chi connectivity index (χ4v) is 2.65. The van der Waals surface area contributed by atoms with Crippen LogP contribution >= 0.6 is 0 Å². The summed E-state index contributed by atoms with van der Waals surface area (Å²) in [6.07, 6.45) is 0.894. The van der Waals surface area contributed by atoms with Gasteiger partial charge in [0.15, 0.2) is 5.72 Å². The summed E-state index contributed by atoms with van der Waals surface area (Å²) in [5, 5.41) is 9.21. The maximum absolute atomic E-state index is 12.3. The summed E-state index contributed by atoms with van der Waals surface area (Å²) in [6.45, 7) is 10.6. The maximum atomic E-state index is 12.3. The van der Waals surface area contributed by atoms with E-state index in [1.165, 1.54) is 0 Å². The van der Waals surface area contributed by atoms with E-state index in [1.54, 1.807) is 31.2 Å². The molecule has 0 saturated heterocycles. The first-order valence-corrected chi connectivity index (χ1v) is 11.7. The summed E-state index contributed by atoms with van der Waals surface area (Å²) in [4.78, 5) is 26.9. The molecular weight excluding hydrogens is 450 g/mol. The van der Waals surface area contributed by atoms with Crippen LogP contribution in [0.3, 0.4) is 0 Å². The lowest BCUT2D eigenvalue weighted by Crippen LogP contribution is -2.35. The number of hydrogen-bond acceptors (Lipinski definition) is 6. The zero-order valence-electron chi connectivity index (χ0n) is 21.3. The van der Waals surface area contributed by atoms with Crippen molar-refractivity contribution in [2.75, 3.05) is 39.5 Å². The molecule has 192 valence electrons. The van der Waals surface area contributed by atoms with Crippen LogP contribution < -0.4 is 15.4 Å². The Morgan fingerprint density at radius 3 is 2.66 bits per heavy atom. The average molecular weight is 488 g/mol. The van der Waals surface area contributed by atoms with Gasteiger partial charge in [0.05, 0.1) is 19.8 Å². The minimum atomic E-state index is -1.30. The van der Waals surface area contributed by atoms with Gasteiger partial charge in [-0.2, -0.15) is 0 Å². The molecule has 0 aliphatic rings. The quantitative estimate of drug-likeness (QED) is 0.128. The van der Waals surface area contributed by atoms with Crippen LogP contribution in [0.15, 0.2) is 29.4 Å². The highest BCUT2D eigenvalue weighted by molar-refractivity contribution is 5.94. The van der Waals surface area contributed by atoms with Crippen molar-refractivity contribution in [1.82, 2.24) is 10.6 Å². The number of azide groups is 1. The molecule has 1 aromatic rings. The second kappa shape index (κ2) is 16.4. The highest BCUT2D eigenvalue weighted by Gasteiger charge is 2.25. The van der Waals surface area contributed by atoms with Crippen LogP contribution in [-0.4, -0.2) is 57.1 Å². The third-order valence-electron chi connectivity index (χ3n) is 4.50. The third kappa shape index (κ3) is 13.9. The number of rotatable bonds is 15. The molecule has 0 aliphatic carbocycles. The van der Waals surface area contributed by atoms with E-state index < -0.39 is 5.72 Å². The standard InChI is InChI=1S/C25H37N5O5/c1-19(2)8-7-12-27-23(31)17-33-14-15-35-25(5,29-30-26)18-34-22-10-6-9-21(16-22)24(32)28-13-11-20(3)4/h6,9-10,16,19-20H,11-15,17-18H2,1-5H3,(H,27,31)(H,28,32). The molecule has 10 nitrogen and oxygen atoms in total. The van der Waals surface area contributed by atoms with E-state index >= 15 is 0 Å². The topological polar surface area (TPSA) is 135 Å². The zero-order chi connectivity index (χ0) is 26.1. The van der Waals surface area contributed by atoms with Gasteiger partial charge in [0.1, 0.15) is 19.0 Å². The van der Waals surface area contributed by atoms with Crippen molar-refractivity contribution >= 4 is 11.8 Å². The zero-order valence-corrected chi connectivity index (χ0v) is 21.3. The van der Waals surface area contributed by atoms with Gasteiger partial charge in [-0.15, -0.1) is 0 Å². The minimum absolute atomic E-state index is 0.0789. The van der Waals surface area contributed by atoms with Gasteiger partial charge in [0.2, 0.25) is 5.91 Å². The molecule has 1 unspecified atom stereocenters. The summed E-state index contributed by atoms with van der Waals surface area (Å²) < 4.78 is 16.7. The molecule has 1 rings (SSSR count). The van der Waals surface area contributed by atoms with Crippen LogP contribution in [0.25, 0.3) is 10.4 Å². The monoisotopic (exact) mass is 487 g/mol. The molecule has 0 heterocycles. The predicted molar refractivity (Wildman–Crippen MR) is 134 cm³/mol. The van der Waals surface area contributed by atoms with Crippen LogP contribution in [0, 0.1) is 23.7 Å². The third-order valence-corrected chi connectivity index (χ3v) is 4.50. The SMILES string of the molecule is CC(C)C#CCNC(=O)COCCOC(C)(COc1cccc(C(=O)NCCC(C)C)c1)N=[N+]=[N-]. The van der Waals surface area contributed by atoms with E-state index in [0.29, 0.717) is 23.8 Å². The number of nitrogens with one attached hydrogen (secondary N) is 2. The maximum Gasteiger partial charge on any atom is 0.251 e. The Bertz CT molecular complexity index is 918. The van der Waals surface area contributed by atoms with Crippen LogP contribution in [0.1, 0.15) is 51.4 Å². The number of nitrogens with zero attached hydrogens (tertiary/aromatic N) is 3. The molecule has 0 saturated carbocycles. The number of ether oxygens (including phenoxy) is 3. The Hall–Kier alpha value is -3.25. The molecule has 1 atom stereocenters. The number of amides is 2. The summed E-state index contributed by atoms with van der Waals surface area (Å²) in [5.41, 5.74) is 8.09. The minimum Gasteiger partial charge on any atom is -0.490 e. The molecule has 0 fully saturated rings. The van der Waals surface area contributed by atoms with Crippen molar-refractivity contribution in [1.29, 1.82) is 0 Å². The van der Waals surface area contributed by atoms with Crippen LogP contribution in [0.4, 0.5) is 0 Å². The van der Waals surface area contributed by atoms with Crippen molar-refractivity contribution < 1.29 is 23.8 Å². The van der Waals surface area contributed by atoms with E-state index in [2.05, 4.69) is 46.3 Å². The molecule has 0 aliphatic heterocycles. The molecule has 0 radical (unpaired) electrons. The Morgan fingerprint density at radius 1 is 1.20 bits per heavy atom. The number of benzene rings is 1. The fraction of sp³-hybridized carbons (Fsp3) is 0.600. The van der Waals surface area contributed by atoms with Crippen LogP contribution in [0.5, 0.6) is 5.75 Å². The van der Waals surface area contributed by atoms with Crippen molar-refractivity contribution in [3.05, 3.63) is 40.3 Å². The summed E-state index contributed by atoms with van der Waals surface area (Å²) in [6, 6.07) is 6.74.